The first-order chi connectivity index (χ1) is 9.63. The van der Waals surface area contributed by atoms with Crippen LogP contribution in [-0.2, 0) is 0 Å². The fourth-order valence-electron chi connectivity index (χ4n) is 1.71. The molecule has 0 fully saturated rings. The Kier molecular flexibility index (Phi) is 3.31. The maximum absolute atomic E-state index is 13.6. The van der Waals surface area contributed by atoms with Gasteiger partial charge in [0.05, 0.1) is 5.52 Å². The van der Waals surface area contributed by atoms with Gasteiger partial charge < -0.3 is 4.74 Å². The first kappa shape index (κ1) is 12.9. The van der Waals surface area contributed by atoms with Gasteiger partial charge in [0, 0.05) is 16.1 Å². The summed E-state index contributed by atoms with van der Waals surface area (Å²) in [6.45, 7) is 0. The Morgan fingerprint density at radius 3 is 2.75 bits per heavy atom. The number of ether oxygens (including phenoxy) is 1. The molecule has 0 unspecified atom stereocenters. The van der Waals surface area contributed by atoms with Gasteiger partial charge in [0.15, 0.2) is 11.6 Å². The summed E-state index contributed by atoms with van der Waals surface area (Å²) in [5.41, 5.74) is 0.661. The lowest BCUT2D eigenvalue weighted by Crippen LogP contribution is -1.96. The van der Waals surface area contributed by atoms with Gasteiger partial charge in [-0.1, -0.05) is 34.1 Å². The van der Waals surface area contributed by atoms with Crippen molar-refractivity contribution in [3.8, 4) is 11.8 Å². The van der Waals surface area contributed by atoms with E-state index >= 15 is 0 Å². The molecule has 0 aliphatic rings. The van der Waals surface area contributed by atoms with Crippen LogP contribution in [0.15, 0.2) is 47.1 Å². The van der Waals surface area contributed by atoms with Crippen molar-refractivity contribution in [2.45, 2.75) is 0 Å². The molecule has 0 bridgehead atoms. The quantitative estimate of drug-likeness (QED) is 0.648. The van der Waals surface area contributed by atoms with Gasteiger partial charge in [-0.3, -0.25) is 0 Å². The minimum Gasteiger partial charge on any atom is -0.421 e. The SMILES string of the molecule is Fc1cc(Br)cc(Oc2ncc3ccccc3n2)c1F. The highest BCUT2D eigenvalue weighted by Gasteiger charge is 2.13. The van der Waals surface area contributed by atoms with Gasteiger partial charge in [-0.05, 0) is 18.2 Å². The van der Waals surface area contributed by atoms with Crippen LogP contribution in [0.25, 0.3) is 10.9 Å². The van der Waals surface area contributed by atoms with Crippen LogP contribution >= 0.6 is 15.9 Å². The van der Waals surface area contributed by atoms with Crippen LogP contribution < -0.4 is 4.74 Å². The van der Waals surface area contributed by atoms with E-state index in [1.165, 1.54) is 6.07 Å². The highest BCUT2D eigenvalue weighted by molar-refractivity contribution is 9.10. The van der Waals surface area contributed by atoms with Crippen LogP contribution in [-0.4, -0.2) is 9.97 Å². The van der Waals surface area contributed by atoms with Crippen molar-refractivity contribution < 1.29 is 13.5 Å². The second-order valence-electron chi connectivity index (χ2n) is 4.01. The van der Waals surface area contributed by atoms with Crippen molar-refractivity contribution >= 4 is 26.8 Å². The summed E-state index contributed by atoms with van der Waals surface area (Å²) in [5.74, 6) is -2.35. The fourth-order valence-corrected chi connectivity index (χ4v) is 2.12. The topological polar surface area (TPSA) is 35.0 Å². The van der Waals surface area contributed by atoms with Crippen LogP contribution in [0.3, 0.4) is 0 Å². The lowest BCUT2D eigenvalue weighted by molar-refractivity contribution is 0.394. The molecule has 1 heterocycles. The molecule has 20 heavy (non-hydrogen) atoms. The minimum absolute atomic E-state index is 0.0416. The number of halogens is 3. The summed E-state index contributed by atoms with van der Waals surface area (Å²) in [5, 5.41) is 0.834. The number of nitrogens with zero attached hydrogens (tertiary/aromatic N) is 2. The van der Waals surface area contributed by atoms with Gasteiger partial charge >= 0.3 is 6.01 Å². The molecule has 3 nitrogen and oxygen atoms in total. The molecule has 0 atom stereocenters. The van der Waals surface area contributed by atoms with Crippen LogP contribution in [0, 0.1) is 11.6 Å². The van der Waals surface area contributed by atoms with Gasteiger partial charge in [0.1, 0.15) is 0 Å². The van der Waals surface area contributed by atoms with E-state index < -0.39 is 11.6 Å². The molecule has 2 aromatic carbocycles. The smallest absolute Gasteiger partial charge is 0.322 e. The third-order valence-electron chi connectivity index (χ3n) is 2.63. The summed E-state index contributed by atoms with van der Waals surface area (Å²) in [6.07, 6.45) is 1.56. The molecule has 0 spiro atoms. The van der Waals surface area contributed by atoms with Crippen LogP contribution in [0.5, 0.6) is 11.8 Å². The predicted octanol–water partition coefficient (Wildman–Crippen LogP) is 4.46. The molecular weight excluding hydrogens is 330 g/mol. The number of fused-ring (bicyclic) bond motifs is 1. The first-order valence-electron chi connectivity index (χ1n) is 5.67. The number of hydrogen-bond donors (Lipinski definition) is 0. The van der Waals surface area contributed by atoms with E-state index in [1.54, 1.807) is 12.3 Å². The summed E-state index contributed by atoms with van der Waals surface area (Å²) in [4.78, 5) is 8.10. The Morgan fingerprint density at radius 1 is 1.10 bits per heavy atom. The predicted molar refractivity (Wildman–Crippen MR) is 73.7 cm³/mol. The summed E-state index contributed by atoms with van der Waals surface area (Å²) < 4.78 is 32.5. The van der Waals surface area contributed by atoms with Crippen molar-refractivity contribution in [1.29, 1.82) is 0 Å². The Bertz CT molecular complexity index is 795. The van der Waals surface area contributed by atoms with E-state index in [2.05, 4.69) is 25.9 Å². The molecular formula is C14H7BrF2N2O. The average molecular weight is 337 g/mol. The molecule has 0 saturated heterocycles. The van der Waals surface area contributed by atoms with Gasteiger partial charge in [-0.2, -0.15) is 9.37 Å². The molecule has 1 aromatic heterocycles. The zero-order valence-electron chi connectivity index (χ0n) is 9.98. The summed E-state index contributed by atoms with van der Waals surface area (Å²) in [7, 11) is 0. The summed E-state index contributed by atoms with van der Waals surface area (Å²) in [6, 6.07) is 9.59. The average Bonchev–Trinajstić information content (AvgIpc) is 2.44. The minimum atomic E-state index is -1.08. The number of para-hydroxylation sites is 1. The van der Waals surface area contributed by atoms with Crippen molar-refractivity contribution in [3.05, 3.63) is 58.7 Å². The maximum Gasteiger partial charge on any atom is 0.322 e. The second-order valence-corrected chi connectivity index (χ2v) is 4.93. The molecule has 0 aliphatic heterocycles. The lowest BCUT2D eigenvalue weighted by atomic mass is 10.2. The highest BCUT2D eigenvalue weighted by atomic mass is 79.9. The molecule has 0 saturated carbocycles. The molecule has 0 amide bonds. The number of hydrogen-bond acceptors (Lipinski definition) is 3. The van der Waals surface area contributed by atoms with E-state index in [0.717, 1.165) is 11.5 Å². The first-order valence-corrected chi connectivity index (χ1v) is 6.47. The Hall–Kier alpha value is -2.08. The largest absolute Gasteiger partial charge is 0.421 e. The van der Waals surface area contributed by atoms with E-state index in [4.69, 9.17) is 4.74 Å². The Balaban J connectivity index is 2.01. The molecule has 6 heteroatoms. The maximum atomic E-state index is 13.6. The molecule has 0 N–H and O–H groups in total. The Labute approximate surface area is 121 Å². The standard InChI is InChI=1S/C14H7BrF2N2O/c15-9-5-10(16)13(17)12(6-9)20-14-18-7-8-3-1-2-4-11(8)19-14/h1-7H. The second kappa shape index (κ2) is 5.13. The lowest BCUT2D eigenvalue weighted by Gasteiger charge is -2.06. The molecule has 100 valence electrons. The number of benzene rings is 2. The van der Waals surface area contributed by atoms with Gasteiger partial charge in [0.25, 0.3) is 0 Å². The normalized spacial score (nSPS) is 10.8. The van der Waals surface area contributed by atoms with Crippen molar-refractivity contribution in [1.82, 2.24) is 9.97 Å². The molecule has 3 aromatic rings. The molecule has 0 radical (unpaired) electrons. The van der Waals surface area contributed by atoms with Crippen LogP contribution in [0.2, 0.25) is 0 Å². The third kappa shape index (κ3) is 2.46. The molecule has 0 aliphatic carbocycles. The van der Waals surface area contributed by atoms with Gasteiger partial charge in [0.2, 0.25) is 5.82 Å². The van der Waals surface area contributed by atoms with Crippen molar-refractivity contribution in [2.24, 2.45) is 0 Å². The van der Waals surface area contributed by atoms with Crippen LogP contribution in [0.4, 0.5) is 8.78 Å². The number of rotatable bonds is 2. The van der Waals surface area contributed by atoms with E-state index in [1.807, 2.05) is 18.2 Å². The number of aromatic nitrogens is 2. The zero-order valence-corrected chi connectivity index (χ0v) is 11.6. The van der Waals surface area contributed by atoms with Crippen LogP contribution in [0.1, 0.15) is 0 Å². The third-order valence-corrected chi connectivity index (χ3v) is 3.09. The fraction of sp³-hybridized carbons (Fsp3) is 0. The highest BCUT2D eigenvalue weighted by Crippen LogP contribution is 2.28. The Morgan fingerprint density at radius 2 is 1.90 bits per heavy atom. The van der Waals surface area contributed by atoms with E-state index in [-0.39, 0.29) is 11.8 Å². The van der Waals surface area contributed by atoms with Crippen molar-refractivity contribution in [2.75, 3.05) is 0 Å². The van der Waals surface area contributed by atoms with Crippen molar-refractivity contribution in [3.63, 3.8) is 0 Å². The zero-order chi connectivity index (χ0) is 14.1. The van der Waals surface area contributed by atoms with E-state index in [9.17, 15) is 8.78 Å². The summed E-state index contributed by atoms with van der Waals surface area (Å²) >= 11 is 3.07. The van der Waals surface area contributed by atoms with Gasteiger partial charge in [-0.25, -0.2) is 9.37 Å². The molecule has 3 rings (SSSR count). The van der Waals surface area contributed by atoms with E-state index in [0.29, 0.717) is 9.99 Å². The monoisotopic (exact) mass is 336 g/mol. The van der Waals surface area contributed by atoms with Gasteiger partial charge in [-0.15, -0.1) is 0 Å².